The lowest BCUT2D eigenvalue weighted by Gasteiger charge is -2.23. The number of hydrogen-bond donors (Lipinski definition) is 1. The molecule has 1 atom stereocenters. The number of amides is 2. The highest BCUT2D eigenvalue weighted by molar-refractivity contribution is 6.06. The van der Waals surface area contributed by atoms with Gasteiger partial charge < -0.3 is 10.6 Å². The molecule has 0 saturated carbocycles. The molecule has 6 heteroatoms. The van der Waals surface area contributed by atoms with E-state index in [1.165, 1.54) is 0 Å². The maximum absolute atomic E-state index is 12.9. The summed E-state index contributed by atoms with van der Waals surface area (Å²) in [5.74, 6) is 0.720. The van der Waals surface area contributed by atoms with Crippen LogP contribution >= 0.6 is 0 Å². The SMILES string of the molecule is CC(C)CC1(C)N=C(N)N(Cc2ccc(CCC(=O)N(C)Cc3ccccc3)cc2)C1=O. The molecule has 0 aromatic heterocycles. The van der Waals surface area contributed by atoms with Gasteiger partial charge in [0.05, 0.1) is 6.54 Å². The molecular formula is C26H34N4O2. The molecular weight excluding hydrogens is 400 g/mol. The molecule has 6 nitrogen and oxygen atoms in total. The summed E-state index contributed by atoms with van der Waals surface area (Å²) in [5, 5.41) is 0. The molecule has 0 saturated heterocycles. The molecule has 2 aromatic carbocycles. The molecule has 0 bridgehead atoms. The predicted octanol–water partition coefficient (Wildman–Crippen LogP) is 3.74. The van der Waals surface area contributed by atoms with Crippen LogP contribution in [0.25, 0.3) is 0 Å². The second-order valence-electron chi connectivity index (χ2n) is 9.29. The van der Waals surface area contributed by atoms with Crippen molar-refractivity contribution >= 4 is 17.8 Å². The highest BCUT2D eigenvalue weighted by Gasteiger charge is 2.43. The van der Waals surface area contributed by atoms with Crippen LogP contribution in [-0.4, -0.2) is 40.2 Å². The van der Waals surface area contributed by atoms with Gasteiger partial charge in [0, 0.05) is 20.0 Å². The zero-order chi connectivity index (χ0) is 23.3. The summed E-state index contributed by atoms with van der Waals surface area (Å²) in [6.45, 7) is 7.03. The standard InChI is InChI=1S/C26H34N4O2/c1-19(2)16-26(3)24(32)30(25(27)28-26)18-22-12-10-20(11-13-22)14-15-23(31)29(4)17-21-8-6-5-7-9-21/h5-13,19H,14-18H2,1-4H3,(H2,27,28). The monoisotopic (exact) mass is 434 g/mol. The van der Waals surface area contributed by atoms with Crippen LogP contribution in [0.15, 0.2) is 59.6 Å². The van der Waals surface area contributed by atoms with E-state index in [2.05, 4.69) is 18.8 Å². The van der Waals surface area contributed by atoms with Crippen LogP contribution in [0.5, 0.6) is 0 Å². The van der Waals surface area contributed by atoms with Crippen molar-refractivity contribution in [1.82, 2.24) is 9.80 Å². The summed E-state index contributed by atoms with van der Waals surface area (Å²) in [6.07, 6.45) is 1.81. The number of benzene rings is 2. The topological polar surface area (TPSA) is 79.0 Å². The Morgan fingerprint density at radius 1 is 1.06 bits per heavy atom. The summed E-state index contributed by atoms with van der Waals surface area (Å²) >= 11 is 0. The maximum atomic E-state index is 12.9. The first-order chi connectivity index (χ1) is 15.2. The summed E-state index contributed by atoms with van der Waals surface area (Å²) in [7, 11) is 1.84. The Bertz CT molecular complexity index is 969. The van der Waals surface area contributed by atoms with Crippen LogP contribution < -0.4 is 5.73 Å². The molecule has 170 valence electrons. The van der Waals surface area contributed by atoms with Gasteiger partial charge in [0.25, 0.3) is 5.91 Å². The number of aliphatic imine (C=N–C) groups is 1. The Labute approximate surface area is 191 Å². The Morgan fingerprint density at radius 2 is 1.69 bits per heavy atom. The third-order valence-electron chi connectivity index (χ3n) is 5.83. The van der Waals surface area contributed by atoms with Crippen molar-refractivity contribution in [2.75, 3.05) is 7.05 Å². The van der Waals surface area contributed by atoms with Gasteiger partial charge in [-0.25, -0.2) is 4.99 Å². The lowest BCUT2D eigenvalue weighted by Crippen LogP contribution is -2.43. The van der Waals surface area contributed by atoms with Gasteiger partial charge in [-0.15, -0.1) is 0 Å². The van der Waals surface area contributed by atoms with Crippen LogP contribution in [0.3, 0.4) is 0 Å². The van der Waals surface area contributed by atoms with E-state index in [0.29, 0.717) is 38.3 Å². The van der Waals surface area contributed by atoms with Gasteiger partial charge in [0.2, 0.25) is 5.91 Å². The first-order valence-corrected chi connectivity index (χ1v) is 11.2. The summed E-state index contributed by atoms with van der Waals surface area (Å²) < 4.78 is 0. The van der Waals surface area contributed by atoms with Crippen molar-refractivity contribution in [3.63, 3.8) is 0 Å². The molecule has 1 unspecified atom stereocenters. The Hall–Kier alpha value is -3.15. The van der Waals surface area contributed by atoms with Crippen molar-refractivity contribution in [3.8, 4) is 0 Å². The van der Waals surface area contributed by atoms with Crippen molar-refractivity contribution in [1.29, 1.82) is 0 Å². The predicted molar refractivity (Wildman–Crippen MR) is 128 cm³/mol. The van der Waals surface area contributed by atoms with Crippen LogP contribution in [0.4, 0.5) is 0 Å². The van der Waals surface area contributed by atoms with Crippen LogP contribution in [0.1, 0.15) is 50.3 Å². The molecule has 0 spiro atoms. The summed E-state index contributed by atoms with van der Waals surface area (Å²) in [6, 6.07) is 18.0. The van der Waals surface area contributed by atoms with E-state index < -0.39 is 5.54 Å². The fraction of sp³-hybridized carbons (Fsp3) is 0.423. The minimum Gasteiger partial charge on any atom is -0.369 e. The van der Waals surface area contributed by atoms with Crippen molar-refractivity contribution in [2.45, 2.75) is 58.7 Å². The number of rotatable bonds is 9. The normalized spacial score (nSPS) is 18.2. The zero-order valence-electron chi connectivity index (χ0n) is 19.5. The van der Waals surface area contributed by atoms with Gasteiger partial charge in [-0.1, -0.05) is 68.4 Å². The van der Waals surface area contributed by atoms with Gasteiger partial charge in [0.15, 0.2) is 5.96 Å². The van der Waals surface area contributed by atoms with Gasteiger partial charge >= 0.3 is 0 Å². The fourth-order valence-electron chi connectivity index (χ4n) is 4.22. The molecule has 0 aliphatic carbocycles. The van der Waals surface area contributed by atoms with Gasteiger partial charge in [-0.05, 0) is 42.4 Å². The Balaban J connectivity index is 1.52. The van der Waals surface area contributed by atoms with E-state index >= 15 is 0 Å². The third-order valence-corrected chi connectivity index (χ3v) is 5.83. The van der Waals surface area contributed by atoms with E-state index in [4.69, 9.17) is 5.73 Å². The number of nitrogens with zero attached hydrogens (tertiary/aromatic N) is 3. The first-order valence-electron chi connectivity index (χ1n) is 11.2. The molecule has 2 aromatic rings. The van der Waals surface area contributed by atoms with E-state index in [1.807, 2.05) is 68.6 Å². The Kier molecular flexibility index (Phi) is 7.33. The fourth-order valence-corrected chi connectivity index (χ4v) is 4.22. The largest absolute Gasteiger partial charge is 0.369 e. The number of guanidine groups is 1. The lowest BCUT2D eigenvalue weighted by molar-refractivity contribution is -0.131. The smallest absolute Gasteiger partial charge is 0.257 e. The zero-order valence-corrected chi connectivity index (χ0v) is 19.5. The number of aryl methyl sites for hydroxylation is 1. The van der Waals surface area contributed by atoms with Crippen LogP contribution in [0.2, 0.25) is 0 Å². The number of nitrogens with two attached hydrogens (primary N) is 1. The van der Waals surface area contributed by atoms with E-state index in [-0.39, 0.29) is 17.8 Å². The molecule has 1 heterocycles. The second kappa shape index (κ2) is 9.98. The molecule has 3 rings (SSSR count). The van der Waals surface area contributed by atoms with Crippen LogP contribution in [0, 0.1) is 5.92 Å². The quantitative estimate of drug-likeness (QED) is 0.653. The average Bonchev–Trinajstić information content (AvgIpc) is 2.95. The number of hydrogen-bond acceptors (Lipinski definition) is 4. The lowest BCUT2D eigenvalue weighted by atomic mass is 9.91. The number of carbonyl (C=O) groups excluding carboxylic acids is 2. The maximum Gasteiger partial charge on any atom is 0.257 e. The van der Waals surface area contributed by atoms with Crippen molar-refractivity contribution in [2.24, 2.45) is 16.6 Å². The minimum absolute atomic E-state index is 0.0418. The highest BCUT2D eigenvalue weighted by Crippen LogP contribution is 2.29. The second-order valence-corrected chi connectivity index (χ2v) is 9.29. The van der Waals surface area contributed by atoms with E-state index in [0.717, 1.165) is 16.7 Å². The molecule has 1 aliphatic rings. The molecule has 2 amide bonds. The van der Waals surface area contributed by atoms with Gasteiger partial charge in [-0.2, -0.15) is 0 Å². The highest BCUT2D eigenvalue weighted by atomic mass is 16.2. The van der Waals surface area contributed by atoms with Gasteiger partial charge in [-0.3, -0.25) is 14.5 Å². The minimum atomic E-state index is -0.773. The number of carbonyl (C=O) groups is 2. The van der Waals surface area contributed by atoms with Gasteiger partial charge in [0.1, 0.15) is 5.54 Å². The third kappa shape index (κ3) is 5.75. The van der Waals surface area contributed by atoms with Crippen LogP contribution in [-0.2, 0) is 29.1 Å². The first kappa shape index (κ1) is 23.5. The molecule has 1 aliphatic heterocycles. The summed E-state index contributed by atoms with van der Waals surface area (Å²) in [4.78, 5) is 33.2. The van der Waals surface area contributed by atoms with E-state index in [9.17, 15) is 9.59 Å². The molecule has 0 radical (unpaired) electrons. The van der Waals surface area contributed by atoms with E-state index in [1.54, 1.807) is 9.80 Å². The molecule has 2 N–H and O–H groups in total. The Morgan fingerprint density at radius 3 is 2.31 bits per heavy atom. The molecule has 32 heavy (non-hydrogen) atoms. The van der Waals surface area contributed by atoms with Crippen molar-refractivity contribution in [3.05, 3.63) is 71.3 Å². The summed E-state index contributed by atoms with van der Waals surface area (Å²) in [5.41, 5.74) is 8.50. The molecule has 0 fully saturated rings. The average molecular weight is 435 g/mol. The van der Waals surface area contributed by atoms with Crippen molar-refractivity contribution < 1.29 is 9.59 Å².